The highest BCUT2D eigenvalue weighted by Gasteiger charge is 2.14. The maximum atomic E-state index is 5.14. The summed E-state index contributed by atoms with van der Waals surface area (Å²) in [5, 5.41) is 3.38. The molecule has 0 aliphatic carbocycles. The average Bonchev–Trinajstić information content (AvgIpc) is 2.98. The highest BCUT2D eigenvalue weighted by atomic mass is 32.1. The molecule has 0 bridgehead atoms. The van der Waals surface area contributed by atoms with Crippen LogP contribution in [0, 0.1) is 6.92 Å². The number of anilines is 1. The summed E-state index contributed by atoms with van der Waals surface area (Å²) < 4.78 is 7.31. The molecule has 0 aliphatic rings. The first-order chi connectivity index (χ1) is 9.11. The molecule has 0 amide bonds. The lowest BCUT2D eigenvalue weighted by atomic mass is 10.2. The van der Waals surface area contributed by atoms with Crippen LogP contribution in [0.25, 0.3) is 0 Å². The quantitative estimate of drug-likeness (QED) is 0.881. The number of rotatable bonds is 6. The third kappa shape index (κ3) is 3.36. The Balaban J connectivity index is 2.14. The minimum atomic E-state index is 0.239. The van der Waals surface area contributed by atoms with E-state index in [2.05, 4.69) is 47.8 Å². The van der Waals surface area contributed by atoms with Crippen LogP contribution in [-0.2, 0) is 4.74 Å². The van der Waals surface area contributed by atoms with Crippen LogP contribution in [0.3, 0.4) is 0 Å². The minimum absolute atomic E-state index is 0.239. The predicted octanol–water partition coefficient (Wildman–Crippen LogP) is 3.31. The predicted molar refractivity (Wildman–Crippen MR) is 80.1 cm³/mol. The fraction of sp³-hybridized carbons (Fsp3) is 0.500. The second kappa shape index (κ2) is 6.21. The number of imidazole rings is 1. The van der Waals surface area contributed by atoms with Gasteiger partial charge < -0.3 is 14.6 Å². The van der Waals surface area contributed by atoms with Crippen molar-refractivity contribution in [1.82, 2.24) is 9.55 Å². The van der Waals surface area contributed by atoms with Gasteiger partial charge in [0.15, 0.2) is 0 Å². The zero-order valence-electron chi connectivity index (χ0n) is 11.9. The third-order valence-electron chi connectivity index (χ3n) is 3.05. The number of nitrogens with one attached hydrogen (secondary N) is 1. The molecule has 2 atom stereocenters. The van der Waals surface area contributed by atoms with Crippen LogP contribution in [0.1, 0.15) is 29.6 Å². The Morgan fingerprint density at radius 3 is 2.84 bits per heavy atom. The Morgan fingerprint density at radius 1 is 1.42 bits per heavy atom. The molecule has 0 saturated carbocycles. The van der Waals surface area contributed by atoms with Gasteiger partial charge in [-0.1, -0.05) is 0 Å². The number of hydrogen-bond donors (Lipinski definition) is 1. The van der Waals surface area contributed by atoms with E-state index in [1.807, 2.05) is 23.7 Å². The second-order valence-corrected chi connectivity index (χ2v) is 6.10. The Hall–Kier alpha value is -1.33. The van der Waals surface area contributed by atoms with E-state index >= 15 is 0 Å². The summed E-state index contributed by atoms with van der Waals surface area (Å²) in [6.07, 6.45) is 3.85. The lowest BCUT2D eigenvalue weighted by molar-refractivity contribution is 0.190. The van der Waals surface area contributed by atoms with Gasteiger partial charge in [-0.15, -0.1) is 11.3 Å². The number of methoxy groups -OCH3 is 1. The van der Waals surface area contributed by atoms with Crippen molar-refractivity contribution in [3.8, 4) is 0 Å². The van der Waals surface area contributed by atoms with E-state index in [1.54, 1.807) is 7.11 Å². The molecule has 0 radical (unpaired) electrons. The van der Waals surface area contributed by atoms with Crippen LogP contribution < -0.4 is 5.32 Å². The molecule has 104 valence electrons. The molecule has 2 rings (SSSR count). The van der Waals surface area contributed by atoms with Gasteiger partial charge in [0, 0.05) is 35.3 Å². The van der Waals surface area contributed by atoms with Crippen molar-refractivity contribution in [3.05, 3.63) is 34.3 Å². The number of ether oxygens (including phenoxy) is 1. The van der Waals surface area contributed by atoms with Crippen molar-refractivity contribution in [3.63, 3.8) is 0 Å². The SMILES string of the molecule is COCC(C)Nc1nccn1C(C)c1ccc(C)s1. The van der Waals surface area contributed by atoms with Crippen molar-refractivity contribution < 1.29 is 4.74 Å². The first-order valence-electron chi connectivity index (χ1n) is 6.46. The highest BCUT2D eigenvalue weighted by Crippen LogP contribution is 2.27. The number of hydrogen-bond acceptors (Lipinski definition) is 4. The molecule has 0 saturated heterocycles. The van der Waals surface area contributed by atoms with Crippen LogP contribution in [-0.4, -0.2) is 29.3 Å². The van der Waals surface area contributed by atoms with Gasteiger partial charge in [-0.05, 0) is 32.9 Å². The molecular formula is C14H21N3OS. The Labute approximate surface area is 118 Å². The number of nitrogens with zero attached hydrogens (tertiary/aromatic N) is 2. The molecule has 0 aromatic carbocycles. The standard InChI is InChI=1S/C14H21N3OS/c1-10(9-18-4)16-14-15-7-8-17(14)12(3)13-6-5-11(2)19-13/h5-8,10,12H,9H2,1-4H3,(H,15,16). The number of aryl methyl sites for hydroxylation is 1. The highest BCUT2D eigenvalue weighted by molar-refractivity contribution is 7.12. The fourth-order valence-electron chi connectivity index (χ4n) is 2.06. The third-order valence-corrected chi connectivity index (χ3v) is 4.22. The topological polar surface area (TPSA) is 39.1 Å². The average molecular weight is 279 g/mol. The summed E-state index contributed by atoms with van der Waals surface area (Å²) in [5.41, 5.74) is 0. The summed E-state index contributed by atoms with van der Waals surface area (Å²) >= 11 is 1.83. The molecule has 1 N–H and O–H groups in total. The summed E-state index contributed by atoms with van der Waals surface area (Å²) in [6.45, 7) is 7.08. The smallest absolute Gasteiger partial charge is 0.203 e. The van der Waals surface area contributed by atoms with Crippen molar-refractivity contribution in [2.45, 2.75) is 32.9 Å². The molecule has 4 nitrogen and oxygen atoms in total. The van der Waals surface area contributed by atoms with Gasteiger partial charge in [0.1, 0.15) is 0 Å². The maximum absolute atomic E-state index is 5.14. The zero-order valence-corrected chi connectivity index (χ0v) is 12.7. The number of thiophene rings is 1. The van der Waals surface area contributed by atoms with Crippen LogP contribution in [0.2, 0.25) is 0 Å². The molecule has 0 aliphatic heterocycles. The van der Waals surface area contributed by atoms with Gasteiger partial charge in [0.2, 0.25) is 5.95 Å². The van der Waals surface area contributed by atoms with Gasteiger partial charge >= 0.3 is 0 Å². The molecule has 5 heteroatoms. The van der Waals surface area contributed by atoms with Crippen LogP contribution in [0.15, 0.2) is 24.5 Å². The first kappa shape index (κ1) is 14.1. The zero-order chi connectivity index (χ0) is 13.8. The molecule has 2 aromatic rings. The van der Waals surface area contributed by atoms with Crippen molar-refractivity contribution in [2.75, 3.05) is 19.0 Å². The van der Waals surface area contributed by atoms with E-state index in [9.17, 15) is 0 Å². The fourth-order valence-corrected chi connectivity index (χ4v) is 2.99. The molecule has 0 fully saturated rings. The van der Waals surface area contributed by atoms with Crippen LogP contribution in [0.5, 0.6) is 0 Å². The lowest BCUT2D eigenvalue weighted by Crippen LogP contribution is -2.23. The van der Waals surface area contributed by atoms with Gasteiger partial charge in [0.05, 0.1) is 12.6 Å². The molecule has 2 unspecified atom stereocenters. The summed E-state index contributed by atoms with van der Waals surface area (Å²) in [6, 6.07) is 4.88. The van der Waals surface area contributed by atoms with Gasteiger partial charge in [-0.3, -0.25) is 0 Å². The summed E-state index contributed by atoms with van der Waals surface area (Å²) in [7, 11) is 1.71. The Morgan fingerprint density at radius 2 is 2.21 bits per heavy atom. The summed E-state index contributed by atoms with van der Waals surface area (Å²) in [4.78, 5) is 7.08. The molecule has 0 spiro atoms. The van der Waals surface area contributed by atoms with Gasteiger partial charge in [-0.25, -0.2) is 4.98 Å². The van der Waals surface area contributed by atoms with Crippen LogP contribution in [0.4, 0.5) is 5.95 Å². The van der Waals surface area contributed by atoms with Crippen LogP contribution >= 0.6 is 11.3 Å². The number of aromatic nitrogens is 2. The van der Waals surface area contributed by atoms with E-state index in [0.29, 0.717) is 12.6 Å². The monoisotopic (exact) mass is 279 g/mol. The van der Waals surface area contributed by atoms with Gasteiger partial charge in [-0.2, -0.15) is 0 Å². The van der Waals surface area contributed by atoms with Crippen molar-refractivity contribution in [1.29, 1.82) is 0 Å². The van der Waals surface area contributed by atoms with Crippen molar-refractivity contribution in [2.24, 2.45) is 0 Å². The first-order valence-corrected chi connectivity index (χ1v) is 7.28. The van der Waals surface area contributed by atoms with E-state index in [4.69, 9.17) is 4.74 Å². The molecule has 2 aromatic heterocycles. The van der Waals surface area contributed by atoms with Gasteiger partial charge in [0.25, 0.3) is 0 Å². The van der Waals surface area contributed by atoms with Crippen molar-refractivity contribution >= 4 is 17.3 Å². The minimum Gasteiger partial charge on any atom is -0.383 e. The lowest BCUT2D eigenvalue weighted by Gasteiger charge is -2.19. The van der Waals surface area contributed by atoms with E-state index < -0.39 is 0 Å². The van der Waals surface area contributed by atoms with E-state index in [-0.39, 0.29) is 6.04 Å². The molecule has 2 heterocycles. The Bertz CT molecular complexity index is 520. The molecular weight excluding hydrogens is 258 g/mol. The Kier molecular flexibility index (Phi) is 4.61. The normalized spacial score (nSPS) is 14.3. The van der Waals surface area contributed by atoms with E-state index in [0.717, 1.165) is 5.95 Å². The molecule has 19 heavy (non-hydrogen) atoms. The largest absolute Gasteiger partial charge is 0.383 e. The van der Waals surface area contributed by atoms with E-state index in [1.165, 1.54) is 9.75 Å². The second-order valence-electron chi connectivity index (χ2n) is 4.78. The summed E-state index contributed by atoms with van der Waals surface area (Å²) in [5.74, 6) is 0.892. The maximum Gasteiger partial charge on any atom is 0.203 e.